The summed E-state index contributed by atoms with van der Waals surface area (Å²) in [5, 5.41) is 7.50. The number of benzene rings is 2. The van der Waals surface area contributed by atoms with E-state index in [9.17, 15) is 4.79 Å². The Morgan fingerprint density at radius 3 is 2.46 bits per heavy atom. The number of nitrogens with zero attached hydrogens (tertiary/aromatic N) is 3. The SMILES string of the molecule is O=C(Nc1ccnn1Cc1ccc(Br)cc1)C(c1ccccc1)N1CCCC1. The number of carbonyl (C=O) groups is 1. The molecule has 1 aliphatic rings. The molecule has 144 valence electrons. The Hall–Kier alpha value is -2.44. The zero-order chi connectivity index (χ0) is 19.3. The number of halogens is 1. The third kappa shape index (κ3) is 4.34. The summed E-state index contributed by atoms with van der Waals surface area (Å²) >= 11 is 3.46. The van der Waals surface area contributed by atoms with E-state index in [1.54, 1.807) is 6.20 Å². The average Bonchev–Trinajstić information content (AvgIpc) is 3.38. The predicted molar refractivity (Wildman–Crippen MR) is 114 cm³/mol. The molecule has 1 atom stereocenters. The van der Waals surface area contributed by atoms with Gasteiger partial charge in [0.05, 0.1) is 12.7 Å². The van der Waals surface area contributed by atoms with Crippen LogP contribution in [0, 0.1) is 0 Å². The van der Waals surface area contributed by atoms with E-state index in [0.29, 0.717) is 12.4 Å². The van der Waals surface area contributed by atoms with Crippen molar-refractivity contribution in [2.24, 2.45) is 0 Å². The van der Waals surface area contributed by atoms with Gasteiger partial charge in [0.25, 0.3) is 0 Å². The molecule has 1 saturated heterocycles. The van der Waals surface area contributed by atoms with E-state index in [4.69, 9.17) is 0 Å². The topological polar surface area (TPSA) is 50.2 Å². The maximum atomic E-state index is 13.2. The quantitative estimate of drug-likeness (QED) is 0.617. The summed E-state index contributed by atoms with van der Waals surface area (Å²) in [7, 11) is 0. The Kier molecular flexibility index (Phi) is 5.88. The van der Waals surface area contributed by atoms with Crippen molar-refractivity contribution in [3.8, 4) is 0 Å². The fourth-order valence-corrected chi connectivity index (χ4v) is 3.95. The largest absolute Gasteiger partial charge is 0.309 e. The maximum Gasteiger partial charge on any atom is 0.247 e. The van der Waals surface area contributed by atoms with Gasteiger partial charge in [0.2, 0.25) is 5.91 Å². The van der Waals surface area contributed by atoms with E-state index in [0.717, 1.165) is 41.5 Å². The Morgan fingerprint density at radius 1 is 1.04 bits per heavy atom. The van der Waals surface area contributed by atoms with Gasteiger partial charge in [-0.25, -0.2) is 4.68 Å². The third-order valence-electron chi connectivity index (χ3n) is 5.08. The Labute approximate surface area is 173 Å². The van der Waals surface area contributed by atoms with Crippen LogP contribution in [0.5, 0.6) is 0 Å². The molecule has 1 amide bonds. The van der Waals surface area contributed by atoms with Crippen LogP contribution < -0.4 is 5.32 Å². The van der Waals surface area contributed by atoms with Crippen LogP contribution in [0.4, 0.5) is 5.82 Å². The summed E-state index contributed by atoms with van der Waals surface area (Å²) in [5.74, 6) is 0.707. The average molecular weight is 439 g/mol. The van der Waals surface area contributed by atoms with Crippen LogP contribution in [0.15, 0.2) is 71.3 Å². The van der Waals surface area contributed by atoms with Crippen molar-refractivity contribution in [3.63, 3.8) is 0 Å². The van der Waals surface area contributed by atoms with E-state index in [-0.39, 0.29) is 11.9 Å². The number of likely N-dealkylation sites (tertiary alicyclic amines) is 1. The molecule has 1 aliphatic heterocycles. The maximum absolute atomic E-state index is 13.2. The van der Waals surface area contributed by atoms with E-state index in [1.165, 1.54) is 0 Å². The second kappa shape index (κ2) is 8.71. The minimum atomic E-state index is -0.278. The van der Waals surface area contributed by atoms with Crippen LogP contribution in [-0.4, -0.2) is 33.7 Å². The van der Waals surface area contributed by atoms with E-state index in [2.05, 4.69) is 31.2 Å². The number of hydrogen-bond acceptors (Lipinski definition) is 3. The number of hydrogen-bond donors (Lipinski definition) is 1. The molecule has 28 heavy (non-hydrogen) atoms. The zero-order valence-corrected chi connectivity index (χ0v) is 17.2. The number of aromatic nitrogens is 2. The molecule has 1 unspecified atom stereocenters. The first kappa shape index (κ1) is 18.9. The molecule has 0 saturated carbocycles. The monoisotopic (exact) mass is 438 g/mol. The molecule has 0 radical (unpaired) electrons. The molecule has 0 aliphatic carbocycles. The van der Waals surface area contributed by atoms with Crippen molar-refractivity contribution < 1.29 is 4.79 Å². The molecule has 6 heteroatoms. The van der Waals surface area contributed by atoms with Gasteiger partial charge in [-0.15, -0.1) is 0 Å². The molecule has 4 rings (SSSR count). The fourth-order valence-electron chi connectivity index (χ4n) is 3.69. The lowest BCUT2D eigenvalue weighted by Gasteiger charge is -2.27. The molecule has 3 aromatic rings. The molecule has 1 fully saturated rings. The summed E-state index contributed by atoms with van der Waals surface area (Å²) in [5.41, 5.74) is 2.16. The van der Waals surface area contributed by atoms with E-state index < -0.39 is 0 Å². The highest BCUT2D eigenvalue weighted by Crippen LogP contribution is 2.26. The number of nitrogens with one attached hydrogen (secondary N) is 1. The lowest BCUT2D eigenvalue weighted by molar-refractivity contribution is -0.121. The minimum absolute atomic E-state index is 0.00865. The lowest BCUT2D eigenvalue weighted by Crippen LogP contribution is -2.36. The van der Waals surface area contributed by atoms with Gasteiger partial charge < -0.3 is 5.32 Å². The Morgan fingerprint density at radius 2 is 1.75 bits per heavy atom. The summed E-state index contributed by atoms with van der Waals surface area (Å²) in [6, 6.07) is 19.7. The fraction of sp³-hybridized carbons (Fsp3) is 0.273. The normalized spacial score (nSPS) is 15.5. The first-order valence-electron chi connectivity index (χ1n) is 9.57. The van der Waals surface area contributed by atoms with Crippen LogP contribution in [-0.2, 0) is 11.3 Å². The second-order valence-corrected chi connectivity index (χ2v) is 7.96. The van der Waals surface area contributed by atoms with Gasteiger partial charge in [-0.05, 0) is 49.2 Å². The van der Waals surface area contributed by atoms with Crippen LogP contribution >= 0.6 is 15.9 Å². The highest BCUT2D eigenvalue weighted by molar-refractivity contribution is 9.10. The smallest absolute Gasteiger partial charge is 0.247 e. The summed E-state index contributed by atoms with van der Waals surface area (Å²) in [4.78, 5) is 15.5. The standard InChI is InChI=1S/C22H23BrN4O/c23-19-10-8-17(9-11-19)16-27-20(12-13-24-27)25-22(28)21(26-14-4-5-15-26)18-6-2-1-3-7-18/h1-3,6-13,21H,4-5,14-16H2,(H,25,28). The van der Waals surface area contributed by atoms with Crippen LogP contribution in [0.25, 0.3) is 0 Å². The van der Waals surface area contributed by atoms with Gasteiger partial charge in [0.1, 0.15) is 11.9 Å². The van der Waals surface area contributed by atoms with Crippen molar-refractivity contribution in [1.82, 2.24) is 14.7 Å². The Bertz CT molecular complexity index is 917. The van der Waals surface area contributed by atoms with Gasteiger partial charge in [-0.1, -0.05) is 58.4 Å². The Balaban J connectivity index is 1.53. The van der Waals surface area contributed by atoms with Gasteiger partial charge in [0, 0.05) is 10.5 Å². The van der Waals surface area contributed by atoms with E-state index in [1.807, 2.05) is 65.3 Å². The molecule has 0 spiro atoms. The molecule has 2 aromatic carbocycles. The van der Waals surface area contributed by atoms with Crippen molar-refractivity contribution in [3.05, 3.63) is 82.5 Å². The van der Waals surface area contributed by atoms with Crippen LogP contribution in [0.2, 0.25) is 0 Å². The highest BCUT2D eigenvalue weighted by Gasteiger charge is 2.30. The van der Waals surface area contributed by atoms with Gasteiger partial charge in [0.15, 0.2) is 0 Å². The molecule has 0 bridgehead atoms. The molecule has 5 nitrogen and oxygen atoms in total. The molecular formula is C22H23BrN4O. The van der Waals surface area contributed by atoms with Crippen LogP contribution in [0.3, 0.4) is 0 Å². The second-order valence-electron chi connectivity index (χ2n) is 7.05. The molecular weight excluding hydrogens is 416 g/mol. The first-order valence-corrected chi connectivity index (χ1v) is 10.4. The summed E-state index contributed by atoms with van der Waals surface area (Å²) < 4.78 is 2.87. The van der Waals surface area contributed by atoms with Gasteiger partial charge >= 0.3 is 0 Å². The molecule has 2 heterocycles. The number of anilines is 1. The number of carbonyl (C=O) groups excluding carboxylic acids is 1. The summed E-state index contributed by atoms with van der Waals surface area (Å²) in [6.45, 7) is 2.51. The zero-order valence-electron chi connectivity index (χ0n) is 15.6. The van der Waals surface area contributed by atoms with Gasteiger partial charge in [-0.2, -0.15) is 5.10 Å². The third-order valence-corrected chi connectivity index (χ3v) is 5.61. The van der Waals surface area contributed by atoms with E-state index >= 15 is 0 Å². The van der Waals surface area contributed by atoms with Crippen molar-refractivity contribution in [2.75, 3.05) is 18.4 Å². The highest BCUT2D eigenvalue weighted by atomic mass is 79.9. The molecule has 1 N–H and O–H groups in total. The van der Waals surface area contributed by atoms with Gasteiger partial charge in [-0.3, -0.25) is 9.69 Å². The van der Waals surface area contributed by atoms with Crippen molar-refractivity contribution >= 4 is 27.7 Å². The predicted octanol–water partition coefficient (Wildman–Crippen LogP) is 4.47. The number of rotatable bonds is 6. The van der Waals surface area contributed by atoms with Crippen LogP contribution in [0.1, 0.15) is 30.0 Å². The minimum Gasteiger partial charge on any atom is -0.309 e. The summed E-state index contributed by atoms with van der Waals surface area (Å²) in [6.07, 6.45) is 4.00. The van der Waals surface area contributed by atoms with Crippen molar-refractivity contribution in [2.45, 2.75) is 25.4 Å². The van der Waals surface area contributed by atoms with Crippen molar-refractivity contribution in [1.29, 1.82) is 0 Å². The lowest BCUT2D eigenvalue weighted by atomic mass is 10.0. The first-order chi connectivity index (χ1) is 13.7. The number of amides is 1. The molecule has 1 aromatic heterocycles.